The second-order valence-electron chi connectivity index (χ2n) is 4.85. The van der Waals surface area contributed by atoms with Crippen molar-refractivity contribution < 1.29 is 4.92 Å². The van der Waals surface area contributed by atoms with E-state index in [4.69, 9.17) is 0 Å². The number of non-ortho nitro benzene ring substituents is 1. The lowest BCUT2D eigenvalue weighted by Gasteiger charge is -1.96. The predicted octanol–water partition coefficient (Wildman–Crippen LogP) is 5.40. The first-order valence-electron chi connectivity index (χ1n) is 8.01. The molecule has 0 aliphatic rings. The lowest BCUT2D eigenvalue weighted by molar-refractivity contribution is -0.383. The van der Waals surface area contributed by atoms with Gasteiger partial charge in [-0.15, -0.1) is 0 Å². The second kappa shape index (κ2) is 9.08. The molecule has 0 radical (unpaired) electrons. The number of pyridine rings is 2. The third-order valence-corrected chi connectivity index (χ3v) is 3.40. The minimum Gasteiger partial charge on any atom is -0.264 e. The van der Waals surface area contributed by atoms with Gasteiger partial charge in [0.1, 0.15) is 0 Å². The fourth-order valence-electron chi connectivity index (χ4n) is 2.29. The van der Waals surface area contributed by atoms with Crippen LogP contribution in [0.2, 0.25) is 0 Å². The molecule has 25 heavy (non-hydrogen) atoms. The number of hydrogen-bond donors (Lipinski definition) is 0. The number of rotatable bonds is 1. The summed E-state index contributed by atoms with van der Waals surface area (Å²) in [5, 5.41) is 14.5. The highest BCUT2D eigenvalue weighted by Crippen LogP contribution is 2.23. The van der Waals surface area contributed by atoms with Crippen LogP contribution in [0.15, 0.2) is 79.4 Å². The van der Waals surface area contributed by atoms with Gasteiger partial charge in [-0.05, 0) is 22.9 Å². The second-order valence-corrected chi connectivity index (χ2v) is 4.85. The van der Waals surface area contributed by atoms with Gasteiger partial charge in [0, 0.05) is 36.2 Å². The lowest BCUT2D eigenvalue weighted by atomic mass is 10.1. The Hall–Kier alpha value is -3.34. The van der Waals surface area contributed by atoms with Crippen LogP contribution in [-0.2, 0) is 0 Å². The molecule has 0 amide bonds. The van der Waals surface area contributed by atoms with Crippen molar-refractivity contribution in [1.82, 2.24) is 9.97 Å². The Morgan fingerprint density at radius 3 is 2.04 bits per heavy atom. The van der Waals surface area contributed by atoms with Crippen molar-refractivity contribution in [3.63, 3.8) is 0 Å². The lowest BCUT2D eigenvalue weighted by Crippen LogP contribution is -1.88. The summed E-state index contributed by atoms with van der Waals surface area (Å²) in [4.78, 5) is 18.1. The number of aromatic nitrogens is 2. The van der Waals surface area contributed by atoms with Crippen LogP contribution < -0.4 is 0 Å². The first-order valence-corrected chi connectivity index (χ1v) is 8.01. The van der Waals surface area contributed by atoms with E-state index < -0.39 is 0 Å². The smallest absolute Gasteiger partial charge is 0.264 e. The van der Waals surface area contributed by atoms with Crippen LogP contribution >= 0.6 is 0 Å². The molecule has 4 rings (SSSR count). The van der Waals surface area contributed by atoms with Crippen molar-refractivity contribution in [1.29, 1.82) is 0 Å². The monoisotopic (exact) mass is 333 g/mol. The van der Waals surface area contributed by atoms with E-state index in [9.17, 15) is 10.1 Å². The number of nitro benzene ring substituents is 1. The first kappa shape index (κ1) is 18.0. The number of nitro groups is 1. The van der Waals surface area contributed by atoms with Crippen LogP contribution in [0.5, 0.6) is 0 Å². The number of hydrogen-bond acceptors (Lipinski definition) is 4. The minimum atomic E-state index is -0.387. The molecule has 0 atom stereocenters. The molecule has 0 aliphatic carbocycles. The Balaban J connectivity index is 0.000000168. The minimum absolute atomic E-state index is 0.125. The highest BCUT2D eigenvalue weighted by Gasteiger charge is 2.09. The average molecular weight is 333 g/mol. The Bertz CT molecular complexity index is 900. The number of nitrogens with zero attached hydrogens (tertiary/aromatic N) is 3. The molecule has 5 nitrogen and oxygen atoms in total. The maximum absolute atomic E-state index is 10.6. The normalized spacial score (nSPS) is 9.52. The molecule has 0 N–H and O–H groups in total. The van der Waals surface area contributed by atoms with Gasteiger partial charge in [-0.1, -0.05) is 50.2 Å². The Morgan fingerprint density at radius 2 is 1.36 bits per heavy atom. The van der Waals surface area contributed by atoms with Crippen LogP contribution in [0, 0.1) is 10.1 Å². The largest absolute Gasteiger partial charge is 0.277 e. The van der Waals surface area contributed by atoms with Gasteiger partial charge in [-0.25, -0.2) is 0 Å². The van der Waals surface area contributed by atoms with Crippen molar-refractivity contribution in [3.8, 4) is 0 Å². The van der Waals surface area contributed by atoms with E-state index in [1.54, 1.807) is 30.6 Å². The highest BCUT2D eigenvalue weighted by molar-refractivity contribution is 5.89. The number of benzene rings is 2. The SMILES string of the molecule is CC.O=[N+]([O-])c1cccc2cnccc12.c1ccc2cnccc2c1. The van der Waals surface area contributed by atoms with Crippen molar-refractivity contribution >= 4 is 27.2 Å². The van der Waals surface area contributed by atoms with E-state index in [0.29, 0.717) is 5.39 Å². The first-order chi connectivity index (χ1) is 12.3. The third-order valence-electron chi connectivity index (χ3n) is 3.40. The van der Waals surface area contributed by atoms with Gasteiger partial charge in [-0.2, -0.15) is 0 Å². The van der Waals surface area contributed by atoms with Crippen LogP contribution in [0.25, 0.3) is 21.5 Å². The maximum Gasteiger partial charge on any atom is 0.277 e. The van der Waals surface area contributed by atoms with E-state index in [-0.39, 0.29) is 10.6 Å². The molecule has 2 heterocycles. The maximum atomic E-state index is 10.6. The molecular formula is C20H19N3O2. The zero-order valence-corrected chi connectivity index (χ0v) is 14.2. The molecule has 0 fully saturated rings. The molecule has 0 saturated carbocycles. The Kier molecular flexibility index (Phi) is 6.54. The zero-order chi connectivity index (χ0) is 18.1. The molecule has 5 heteroatoms. The molecule has 126 valence electrons. The van der Waals surface area contributed by atoms with Gasteiger partial charge in [0.15, 0.2) is 0 Å². The van der Waals surface area contributed by atoms with Gasteiger partial charge in [0.05, 0.1) is 10.3 Å². The quantitative estimate of drug-likeness (QED) is 0.345. The molecule has 4 aromatic rings. The van der Waals surface area contributed by atoms with Crippen molar-refractivity contribution in [2.45, 2.75) is 13.8 Å². The molecule has 2 aromatic carbocycles. The van der Waals surface area contributed by atoms with Crippen molar-refractivity contribution in [2.75, 3.05) is 0 Å². The highest BCUT2D eigenvalue weighted by atomic mass is 16.6. The summed E-state index contributed by atoms with van der Waals surface area (Å²) >= 11 is 0. The van der Waals surface area contributed by atoms with E-state index in [1.807, 2.05) is 44.4 Å². The average Bonchev–Trinajstić information content (AvgIpc) is 2.69. The van der Waals surface area contributed by atoms with Gasteiger partial charge in [0.25, 0.3) is 5.69 Å². The fraction of sp³-hybridized carbons (Fsp3) is 0.100. The summed E-state index contributed by atoms with van der Waals surface area (Å²) in [5.74, 6) is 0. The van der Waals surface area contributed by atoms with Crippen LogP contribution in [0.1, 0.15) is 13.8 Å². The predicted molar refractivity (Wildman–Crippen MR) is 101 cm³/mol. The molecule has 0 saturated heterocycles. The van der Waals surface area contributed by atoms with E-state index in [1.165, 1.54) is 16.8 Å². The van der Waals surface area contributed by atoms with E-state index >= 15 is 0 Å². The Labute approximate surface area is 146 Å². The van der Waals surface area contributed by atoms with Gasteiger partial charge in [-0.3, -0.25) is 20.1 Å². The summed E-state index contributed by atoms with van der Waals surface area (Å²) in [6.07, 6.45) is 6.84. The van der Waals surface area contributed by atoms with Crippen LogP contribution in [0.3, 0.4) is 0 Å². The summed E-state index contributed by atoms with van der Waals surface area (Å²) in [5.41, 5.74) is 0.125. The summed E-state index contributed by atoms with van der Waals surface area (Å²) in [6.45, 7) is 4.00. The summed E-state index contributed by atoms with van der Waals surface area (Å²) < 4.78 is 0. The van der Waals surface area contributed by atoms with E-state index in [0.717, 1.165) is 5.39 Å². The van der Waals surface area contributed by atoms with Crippen LogP contribution in [0.4, 0.5) is 5.69 Å². The zero-order valence-electron chi connectivity index (χ0n) is 14.2. The van der Waals surface area contributed by atoms with Gasteiger partial charge >= 0.3 is 0 Å². The van der Waals surface area contributed by atoms with E-state index in [2.05, 4.69) is 22.1 Å². The van der Waals surface area contributed by atoms with Crippen molar-refractivity contribution in [2.24, 2.45) is 0 Å². The summed E-state index contributed by atoms with van der Waals surface area (Å²) in [7, 11) is 0. The summed E-state index contributed by atoms with van der Waals surface area (Å²) in [6, 6.07) is 16.8. The van der Waals surface area contributed by atoms with Crippen molar-refractivity contribution in [3.05, 3.63) is 89.5 Å². The fourth-order valence-corrected chi connectivity index (χ4v) is 2.29. The topological polar surface area (TPSA) is 68.9 Å². The molecule has 0 spiro atoms. The number of fused-ring (bicyclic) bond motifs is 2. The van der Waals surface area contributed by atoms with Gasteiger partial charge in [0.2, 0.25) is 0 Å². The molecule has 2 aromatic heterocycles. The van der Waals surface area contributed by atoms with Gasteiger partial charge < -0.3 is 0 Å². The molecular weight excluding hydrogens is 314 g/mol. The van der Waals surface area contributed by atoms with Crippen LogP contribution in [-0.4, -0.2) is 14.9 Å². The molecule has 0 unspecified atom stereocenters. The third kappa shape index (κ3) is 4.57. The standard InChI is InChI=1S/C9H6N2O2.C9H7N.C2H6/c12-11(13)9-3-1-2-7-6-10-5-4-8(7)9;1-2-4-9-7-10-6-5-8(9)3-1;1-2/h1-6H;1-7H;1-2H3. The molecule has 0 bridgehead atoms. The molecule has 0 aliphatic heterocycles. The Morgan fingerprint density at radius 1 is 0.760 bits per heavy atom.